The van der Waals surface area contributed by atoms with Gasteiger partial charge in [0.15, 0.2) is 0 Å². The topological polar surface area (TPSA) is 25.8 Å². The molecule has 0 bridgehead atoms. The molecule has 0 aliphatic rings. The van der Waals surface area contributed by atoms with E-state index in [2.05, 4.69) is 80.1 Å². The lowest BCUT2D eigenvalue weighted by atomic mass is 9.85. The molecule has 1 heterocycles. The van der Waals surface area contributed by atoms with Gasteiger partial charge in [0.25, 0.3) is 0 Å². The minimum Gasteiger partial charge on any atom is -0.241 e. The summed E-state index contributed by atoms with van der Waals surface area (Å²) in [4.78, 5) is 8.86. The van der Waals surface area contributed by atoms with Gasteiger partial charge in [0.05, 0.1) is 11.2 Å². The lowest BCUT2D eigenvalue weighted by Crippen LogP contribution is -2.11. The highest BCUT2D eigenvalue weighted by Crippen LogP contribution is 2.27. The second-order valence-electron chi connectivity index (χ2n) is 7.65. The highest BCUT2D eigenvalue weighted by Gasteiger charge is 2.14. The van der Waals surface area contributed by atoms with E-state index in [0.717, 1.165) is 24.1 Å². The Labute approximate surface area is 145 Å². The monoisotopic (exact) mass is 318 g/mol. The molecule has 0 saturated carbocycles. The van der Waals surface area contributed by atoms with Crippen molar-refractivity contribution < 1.29 is 0 Å². The Morgan fingerprint density at radius 2 is 1.62 bits per heavy atom. The summed E-state index contributed by atoms with van der Waals surface area (Å²) >= 11 is 0. The molecule has 0 saturated heterocycles. The van der Waals surface area contributed by atoms with E-state index in [9.17, 15) is 0 Å². The summed E-state index contributed by atoms with van der Waals surface area (Å²) in [6.45, 7) is 9.07. The summed E-state index contributed by atoms with van der Waals surface area (Å²) in [7, 11) is 0. The van der Waals surface area contributed by atoms with Crippen LogP contribution in [0.15, 0.2) is 54.9 Å². The summed E-state index contributed by atoms with van der Waals surface area (Å²) in [5.74, 6) is 0.521. The van der Waals surface area contributed by atoms with Crippen molar-refractivity contribution in [3.63, 3.8) is 0 Å². The van der Waals surface area contributed by atoms with E-state index < -0.39 is 0 Å². The van der Waals surface area contributed by atoms with Crippen molar-refractivity contribution in [2.75, 3.05) is 0 Å². The quantitative estimate of drug-likeness (QED) is 0.620. The van der Waals surface area contributed by atoms with Crippen LogP contribution >= 0.6 is 0 Å². The number of aryl methyl sites for hydroxylation is 1. The van der Waals surface area contributed by atoms with Crippen molar-refractivity contribution in [2.45, 2.75) is 51.9 Å². The molecule has 2 nitrogen and oxygen atoms in total. The summed E-state index contributed by atoms with van der Waals surface area (Å²) in [5, 5.41) is 1.18. The Morgan fingerprint density at radius 1 is 0.917 bits per heavy atom. The molecule has 1 aromatic heterocycles. The van der Waals surface area contributed by atoms with Crippen LogP contribution in [-0.4, -0.2) is 9.97 Å². The zero-order valence-electron chi connectivity index (χ0n) is 15.1. The molecular weight excluding hydrogens is 292 g/mol. The SMILES string of the molecule is CC(CCc1ncnc2ccccc12)c1ccc(C(C)(C)C)cc1. The number of fused-ring (bicyclic) bond motifs is 1. The third-order valence-corrected chi connectivity index (χ3v) is 4.79. The van der Waals surface area contributed by atoms with Gasteiger partial charge < -0.3 is 0 Å². The van der Waals surface area contributed by atoms with Crippen LogP contribution in [0.3, 0.4) is 0 Å². The summed E-state index contributed by atoms with van der Waals surface area (Å²) in [5.41, 5.74) is 5.19. The summed E-state index contributed by atoms with van der Waals surface area (Å²) in [6, 6.07) is 17.4. The molecular formula is C22H26N2. The van der Waals surface area contributed by atoms with Crippen molar-refractivity contribution in [3.05, 3.63) is 71.7 Å². The van der Waals surface area contributed by atoms with Gasteiger partial charge >= 0.3 is 0 Å². The summed E-state index contributed by atoms with van der Waals surface area (Å²) in [6.07, 6.45) is 3.75. The third kappa shape index (κ3) is 3.64. The Bertz CT molecular complexity index is 808. The third-order valence-electron chi connectivity index (χ3n) is 4.79. The minimum absolute atomic E-state index is 0.210. The van der Waals surface area contributed by atoms with Crippen molar-refractivity contribution >= 4 is 10.9 Å². The largest absolute Gasteiger partial charge is 0.241 e. The number of hydrogen-bond donors (Lipinski definition) is 0. The fourth-order valence-electron chi connectivity index (χ4n) is 3.09. The number of para-hydroxylation sites is 1. The number of benzene rings is 2. The number of hydrogen-bond acceptors (Lipinski definition) is 2. The van der Waals surface area contributed by atoms with Crippen LogP contribution in [0.4, 0.5) is 0 Å². The highest BCUT2D eigenvalue weighted by molar-refractivity contribution is 5.80. The second kappa shape index (κ2) is 6.72. The van der Waals surface area contributed by atoms with Crippen LogP contribution in [0, 0.1) is 0 Å². The normalized spacial score (nSPS) is 13.2. The maximum absolute atomic E-state index is 4.51. The van der Waals surface area contributed by atoms with Crippen molar-refractivity contribution in [1.82, 2.24) is 9.97 Å². The van der Waals surface area contributed by atoms with Gasteiger partial charge in [-0.05, 0) is 41.4 Å². The first kappa shape index (κ1) is 16.6. The van der Waals surface area contributed by atoms with Gasteiger partial charge in [-0.2, -0.15) is 0 Å². The van der Waals surface area contributed by atoms with Crippen LogP contribution < -0.4 is 0 Å². The van der Waals surface area contributed by atoms with Crippen LogP contribution in [0.5, 0.6) is 0 Å². The zero-order chi connectivity index (χ0) is 17.2. The molecule has 0 spiro atoms. The molecule has 0 aliphatic carbocycles. The molecule has 0 fully saturated rings. The molecule has 0 aliphatic heterocycles. The highest BCUT2D eigenvalue weighted by atomic mass is 14.8. The molecule has 124 valence electrons. The molecule has 24 heavy (non-hydrogen) atoms. The standard InChI is InChI=1S/C22H26N2/c1-16(17-10-12-18(13-11-17)22(2,3)4)9-14-21-19-7-5-6-8-20(19)23-15-24-21/h5-8,10-13,15-16H,9,14H2,1-4H3. The van der Waals surface area contributed by atoms with Gasteiger partial charge in [-0.3, -0.25) is 0 Å². The average Bonchev–Trinajstić information content (AvgIpc) is 2.59. The van der Waals surface area contributed by atoms with Crippen LogP contribution in [0.25, 0.3) is 10.9 Å². The predicted molar refractivity (Wildman–Crippen MR) is 101 cm³/mol. The van der Waals surface area contributed by atoms with E-state index >= 15 is 0 Å². The van der Waals surface area contributed by atoms with E-state index in [0.29, 0.717) is 5.92 Å². The maximum Gasteiger partial charge on any atom is 0.116 e. The van der Waals surface area contributed by atoms with Gasteiger partial charge in [0.2, 0.25) is 0 Å². The average molecular weight is 318 g/mol. The van der Waals surface area contributed by atoms with Crippen LogP contribution in [0.2, 0.25) is 0 Å². The lowest BCUT2D eigenvalue weighted by Gasteiger charge is -2.20. The Kier molecular flexibility index (Phi) is 4.66. The molecule has 3 aromatic rings. The van der Waals surface area contributed by atoms with Crippen LogP contribution in [-0.2, 0) is 11.8 Å². The Hall–Kier alpha value is -2.22. The van der Waals surface area contributed by atoms with Crippen molar-refractivity contribution in [1.29, 1.82) is 0 Å². The van der Waals surface area contributed by atoms with Gasteiger partial charge in [-0.25, -0.2) is 9.97 Å². The summed E-state index contributed by atoms with van der Waals surface area (Å²) < 4.78 is 0. The molecule has 2 heteroatoms. The van der Waals surface area contributed by atoms with E-state index in [1.807, 2.05) is 6.07 Å². The van der Waals surface area contributed by atoms with Gasteiger partial charge in [0.1, 0.15) is 6.33 Å². The molecule has 0 N–H and O–H groups in total. The molecule has 0 amide bonds. The molecule has 0 radical (unpaired) electrons. The molecule has 3 rings (SSSR count). The first-order valence-electron chi connectivity index (χ1n) is 8.74. The molecule has 2 aromatic carbocycles. The number of rotatable bonds is 4. The van der Waals surface area contributed by atoms with Gasteiger partial charge in [-0.15, -0.1) is 0 Å². The maximum atomic E-state index is 4.51. The smallest absolute Gasteiger partial charge is 0.116 e. The van der Waals surface area contributed by atoms with Crippen molar-refractivity contribution in [3.8, 4) is 0 Å². The second-order valence-corrected chi connectivity index (χ2v) is 7.65. The Balaban J connectivity index is 1.72. The number of aromatic nitrogens is 2. The van der Waals surface area contributed by atoms with E-state index in [-0.39, 0.29) is 5.41 Å². The van der Waals surface area contributed by atoms with E-state index in [1.165, 1.54) is 16.5 Å². The zero-order valence-corrected chi connectivity index (χ0v) is 15.1. The van der Waals surface area contributed by atoms with Gasteiger partial charge in [0, 0.05) is 5.39 Å². The number of nitrogens with zero attached hydrogens (tertiary/aromatic N) is 2. The molecule has 1 atom stereocenters. The predicted octanol–water partition coefficient (Wildman–Crippen LogP) is 5.66. The fourth-order valence-corrected chi connectivity index (χ4v) is 3.09. The van der Waals surface area contributed by atoms with Gasteiger partial charge in [-0.1, -0.05) is 70.2 Å². The lowest BCUT2D eigenvalue weighted by molar-refractivity contribution is 0.589. The van der Waals surface area contributed by atoms with Crippen molar-refractivity contribution in [2.24, 2.45) is 0 Å². The van der Waals surface area contributed by atoms with Crippen LogP contribution in [0.1, 0.15) is 56.9 Å². The minimum atomic E-state index is 0.210. The fraction of sp³-hybridized carbons (Fsp3) is 0.364. The molecule has 1 unspecified atom stereocenters. The van der Waals surface area contributed by atoms with E-state index in [4.69, 9.17) is 0 Å². The Morgan fingerprint density at radius 3 is 2.33 bits per heavy atom. The first-order valence-corrected chi connectivity index (χ1v) is 8.74. The first-order chi connectivity index (χ1) is 11.4. The van der Waals surface area contributed by atoms with E-state index in [1.54, 1.807) is 6.33 Å².